The fourth-order valence-corrected chi connectivity index (χ4v) is 6.61. The number of rotatable bonds is 0. The molecule has 0 saturated carbocycles. The van der Waals surface area contributed by atoms with Crippen molar-refractivity contribution in [1.82, 2.24) is 84.8 Å². The normalized spacial score (nSPS) is 10.6. The van der Waals surface area contributed by atoms with Crippen LogP contribution in [0, 0.1) is 0 Å². The van der Waals surface area contributed by atoms with Crippen molar-refractivity contribution in [2.75, 3.05) is 26.2 Å². The van der Waals surface area contributed by atoms with E-state index in [1.807, 2.05) is 192 Å². The predicted molar refractivity (Wildman–Crippen MR) is 434 cm³/mol. The van der Waals surface area contributed by atoms with Gasteiger partial charge in [-0.1, -0.05) is 30.4 Å². The van der Waals surface area contributed by atoms with E-state index >= 15 is 0 Å². The molecule has 15 aromatic heterocycles. The molecule has 0 saturated heterocycles. The molecule has 0 bridgehead atoms. The molecular formula is C73H81N27O4S5. The Labute approximate surface area is 651 Å². The van der Waals surface area contributed by atoms with Crippen LogP contribution in [0.25, 0.3) is 0 Å². The van der Waals surface area contributed by atoms with Crippen LogP contribution in [0.3, 0.4) is 0 Å². The molecule has 0 amide bonds. The van der Waals surface area contributed by atoms with Crippen LogP contribution in [-0.2, 0) is 0 Å². The summed E-state index contributed by atoms with van der Waals surface area (Å²) in [6.07, 6.45) is 72.1. The third-order valence-corrected chi connectivity index (χ3v) is 11.7. The van der Waals surface area contributed by atoms with Gasteiger partial charge in [0.1, 0.15) is 30.0 Å². The van der Waals surface area contributed by atoms with E-state index in [4.69, 9.17) is 0 Å². The minimum absolute atomic E-state index is 0.778. The van der Waals surface area contributed by atoms with Crippen molar-refractivity contribution in [3.8, 4) is 0 Å². The van der Waals surface area contributed by atoms with Gasteiger partial charge in [-0.15, -0.1) is 54.4 Å². The zero-order chi connectivity index (χ0) is 77.1. The SMILES string of the molecule is C1=CN=CC1.C1=CN=CC1.C1=CN=NC1.C1=CN=NC1.C1=CN=NC1.C1=NC=NC1.c1cc[nH]c1.c1cc[nH]c1.c1ccncc1.c1ccnnc1.c1ccoc1.c1ccoc1.c1ccsc1.c1cnccn1.c1cncnc1.c1cnsc1.c1cocn1.c1cscn1.c1cscn1.c1nnco1.c1nncs1. The average Bonchev–Trinajstić information content (AvgIpc) is 4.46. The Bertz CT molecular complexity index is 3000. The molecule has 21 heterocycles. The second-order valence-electron chi connectivity index (χ2n) is 16.9. The van der Waals surface area contributed by atoms with E-state index in [1.54, 1.807) is 217 Å². The second-order valence-corrected chi connectivity index (χ2v) is 20.7. The van der Waals surface area contributed by atoms with Gasteiger partial charge >= 0.3 is 0 Å². The largest absolute Gasteiger partial charge is 0.473 e. The summed E-state index contributed by atoms with van der Waals surface area (Å²) in [7, 11) is 0. The van der Waals surface area contributed by atoms with E-state index in [0.717, 1.165) is 39.0 Å². The average molecular weight is 1560 g/mol. The summed E-state index contributed by atoms with van der Waals surface area (Å²) in [6.45, 7) is 3.11. The van der Waals surface area contributed by atoms with Crippen molar-refractivity contribution >= 4 is 81.9 Å². The van der Waals surface area contributed by atoms with Crippen molar-refractivity contribution in [2.45, 2.75) is 12.8 Å². The number of azo groups is 3. The Morgan fingerprint density at radius 3 is 0.927 bits per heavy atom. The summed E-state index contributed by atoms with van der Waals surface area (Å²) >= 11 is 7.87. The van der Waals surface area contributed by atoms with E-state index in [1.165, 1.54) is 54.6 Å². The van der Waals surface area contributed by atoms with Gasteiger partial charge in [0.05, 0.1) is 68.4 Å². The lowest BCUT2D eigenvalue weighted by atomic mass is 10.5. The Morgan fingerprint density at radius 1 is 0.284 bits per heavy atom. The quantitative estimate of drug-likeness (QED) is 0.142. The van der Waals surface area contributed by atoms with Crippen molar-refractivity contribution in [1.29, 1.82) is 0 Å². The number of thiophene rings is 1. The smallest absolute Gasteiger partial charge is 0.203 e. The number of hydrogen-bond donors (Lipinski definition) is 2. The first-order chi connectivity index (χ1) is 54.5. The highest BCUT2D eigenvalue weighted by Crippen LogP contribution is 1.93. The number of oxazole rings is 1. The van der Waals surface area contributed by atoms with Gasteiger partial charge in [0.2, 0.25) is 12.8 Å². The number of aromatic nitrogens is 17. The van der Waals surface area contributed by atoms with Gasteiger partial charge in [0.25, 0.3) is 0 Å². The molecule has 6 aliphatic rings. The van der Waals surface area contributed by atoms with Crippen LogP contribution in [0.1, 0.15) is 12.8 Å². The zero-order valence-electron chi connectivity index (χ0n) is 58.8. The molecule has 6 aliphatic heterocycles. The number of thiazole rings is 2. The first-order valence-corrected chi connectivity index (χ1v) is 36.2. The fraction of sp³-hybridized carbons (Fsp3) is 0.0822. The number of hydrogen-bond acceptors (Lipinski definition) is 34. The minimum Gasteiger partial charge on any atom is -0.473 e. The summed E-state index contributed by atoms with van der Waals surface area (Å²) in [5, 5.41) is 51.9. The van der Waals surface area contributed by atoms with Crippen LogP contribution in [0.15, 0.2) is 450 Å². The van der Waals surface area contributed by atoms with Gasteiger partial charge in [-0.05, 0) is 125 Å². The molecule has 31 nitrogen and oxygen atoms in total. The maximum Gasteiger partial charge on any atom is 0.203 e. The Balaban J connectivity index is 0.000000572. The lowest BCUT2D eigenvalue weighted by Gasteiger charge is -1.70. The highest BCUT2D eigenvalue weighted by atomic mass is 32.1. The number of pyridine rings is 1. The molecule has 0 aromatic carbocycles. The molecule has 562 valence electrons. The summed E-state index contributed by atoms with van der Waals surface area (Å²) in [5.74, 6) is 0. The molecule has 0 fully saturated rings. The number of allylic oxidation sites excluding steroid dienone is 2. The van der Waals surface area contributed by atoms with Crippen LogP contribution >= 0.6 is 56.9 Å². The number of aliphatic imine (C=N–C) groups is 4. The Morgan fingerprint density at radius 2 is 0.789 bits per heavy atom. The molecule has 2 N–H and O–H groups in total. The lowest BCUT2D eigenvalue weighted by Crippen LogP contribution is -1.69. The maximum absolute atomic E-state index is 4.58. The molecule has 0 radical (unpaired) electrons. The zero-order valence-corrected chi connectivity index (χ0v) is 62.9. The Hall–Kier alpha value is -13.8. The highest BCUT2D eigenvalue weighted by Gasteiger charge is 1.78. The van der Waals surface area contributed by atoms with E-state index in [-0.39, 0.29) is 0 Å². The van der Waals surface area contributed by atoms with Gasteiger partial charge in [-0.3, -0.25) is 39.9 Å². The number of nitrogens with one attached hydrogen (secondary N) is 2. The van der Waals surface area contributed by atoms with Crippen molar-refractivity contribution in [3.05, 3.63) is 382 Å². The standard InChI is InChI=1S/C5H5N.3C4H4N2.4C4H5N.2C4H4O.C4H4S.4C3H4N2.C3H3NO.3C3H3NS.C2H2N2O.C2H2N2S/c1-2-4-6-5-3-1;1-2-6-4-3-5-1;1-2-5-4-6-3-1;1-2-4-6-5-3-1;7*1-2-4-5-3-1;1-2-5-3-4-1;3*1-2-4-5-3-1;3*1-2-5-3-4-1;1-2-4-5-3-1;2*1-3-4-2-5-1/h1-5H;3*1-4H;2*1,3-4H,2H2;2*1-5H;3*1-4H;1,3H,2H2;3*1-2H,3H2;4*1-3H;2*1-2H. The molecule has 36 heteroatoms. The molecule has 0 unspecified atom stereocenters. The molecule has 0 atom stereocenters. The number of nitrogens with zero attached hydrogens (tertiary/aromatic N) is 25. The van der Waals surface area contributed by atoms with Crippen molar-refractivity contribution < 1.29 is 17.7 Å². The minimum atomic E-state index is 0.778. The maximum atomic E-state index is 4.58. The summed E-state index contributed by atoms with van der Waals surface area (Å²) < 4.78 is 21.8. The van der Waals surface area contributed by atoms with Crippen LogP contribution in [0.4, 0.5) is 0 Å². The van der Waals surface area contributed by atoms with Crippen LogP contribution in [-0.4, -0.2) is 136 Å². The fourth-order valence-electron chi connectivity index (χ4n) is 4.83. The summed E-state index contributed by atoms with van der Waals surface area (Å²) in [5.41, 5.74) is 6.94. The Kier molecular flexibility index (Phi) is 77.2. The second kappa shape index (κ2) is 90.3. The van der Waals surface area contributed by atoms with Gasteiger partial charge < -0.3 is 27.6 Å². The molecular weight excluding hydrogens is 1480 g/mol. The van der Waals surface area contributed by atoms with E-state index in [0.29, 0.717) is 0 Å². The van der Waals surface area contributed by atoms with Crippen LogP contribution in [0.2, 0.25) is 0 Å². The number of H-pyrrole nitrogens is 2. The first-order valence-electron chi connectivity index (χ1n) is 31.6. The van der Waals surface area contributed by atoms with Crippen molar-refractivity contribution in [2.24, 2.45) is 50.7 Å². The number of furan rings is 2. The van der Waals surface area contributed by atoms with Gasteiger partial charge in [0.15, 0.2) is 6.39 Å². The third-order valence-electron chi connectivity index (χ3n) is 9.07. The monoisotopic (exact) mass is 1560 g/mol. The van der Waals surface area contributed by atoms with Gasteiger partial charge in [-0.25, -0.2) is 24.3 Å². The lowest BCUT2D eigenvalue weighted by molar-refractivity contribution is 0.553. The highest BCUT2D eigenvalue weighted by molar-refractivity contribution is 7.08. The number of aromatic amines is 2. The molecule has 0 aliphatic carbocycles. The molecule has 21 rings (SSSR count). The van der Waals surface area contributed by atoms with E-state index in [2.05, 4.69) is 153 Å². The summed E-state index contributed by atoms with van der Waals surface area (Å²) in [4.78, 5) is 50.3. The third kappa shape index (κ3) is 88.3. The van der Waals surface area contributed by atoms with E-state index < -0.39 is 0 Å². The van der Waals surface area contributed by atoms with Crippen LogP contribution in [0.5, 0.6) is 0 Å². The van der Waals surface area contributed by atoms with Crippen molar-refractivity contribution in [3.63, 3.8) is 0 Å². The van der Waals surface area contributed by atoms with E-state index in [9.17, 15) is 0 Å². The summed E-state index contributed by atoms with van der Waals surface area (Å²) in [6, 6.07) is 32.2. The predicted octanol–water partition coefficient (Wildman–Crippen LogP) is 18.5. The molecule has 109 heavy (non-hydrogen) atoms. The molecule has 15 aromatic rings. The molecule has 0 spiro atoms. The van der Waals surface area contributed by atoms with Gasteiger partial charge in [0, 0.05) is 184 Å². The first kappa shape index (κ1) is 93.2. The van der Waals surface area contributed by atoms with Gasteiger partial charge in [-0.2, -0.15) is 52.2 Å². The van der Waals surface area contributed by atoms with Crippen LogP contribution < -0.4 is 0 Å². The topological polar surface area (TPSA) is 401 Å².